The molecule has 0 aliphatic carbocycles. The maximum atomic E-state index is 11.7. The fraction of sp³-hybridized carbons (Fsp3) is 0.636. The predicted molar refractivity (Wildman–Crippen MR) is 77.8 cm³/mol. The van der Waals surface area contributed by atoms with Gasteiger partial charge in [-0.25, -0.2) is 8.42 Å². The molecule has 2 aliphatic rings. The van der Waals surface area contributed by atoms with Crippen LogP contribution in [0.5, 0.6) is 0 Å². The van der Waals surface area contributed by atoms with Gasteiger partial charge in [0.2, 0.25) is 0 Å². The molecule has 8 heteroatoms. The van der Waals surface area contributed by atoms with E-state index in [1.807, 2.05) is 12.1 Å². The molecule has 0 spiro atoms. The summed E-state index contributed by atoms with van der Waals surface area (Å²) in [6.07, 6.45) is 1.65. The van der Waals surface area contributed by atoms with Crippen LogP contribution in [0.25, 0.3) is 0 Å². The first-order valence-electron chi connectivity index (χ1n) is 5.84. The highest BCUT2D eigenvalue weighted by Crippen LogP contribution is 2.22. The third kappa shape index (κ3) is 3.64. The minimum absolute atomic E-state index is 0. The molecule has 1 aromatic rings. The highest BCUT2D eigenvalue weighted by Gasteiger charge is 2.42. The Bertz CT molecular complexity index is 492. The summed E-state index contributed by atoms with van der Waals surface area (Å²) >= 11 is 0. The zero-order chi connectivity index (χ0) is 11.9. The number of hydrogen-bond acceptors (Lipinski definition) is 5. The lowest BCUT2D eigenvalue weighted by molar-refractivity contribution is 0.131. The monoisotopic (exact) mass is 328 g/mol. The number of sulfone groups is 1. The Morgan fingerprint density at radius 1 is 1.37 bits per heavy atom. The Kier molecular flexibility index (Phi) is 5.70. The molecule has 2 atom stereocenters. The van der Waals surface area contributed by atoms with Gasteiger partial charge in [-0.1, -0.05) is 0 Å². The van der Waals surface area contributed by atoms with Gasteiger partial charge in [0.25, 0.3) is 0 Å². The van der Waals surface area contributed by atoms with Crippen LogP contribution in [-0.2, 0) is 16.4 Å². The van der Waals surface area contributed by atoms with Gasteiger partial charge >= 0.3 is 0 Å². The molecule has 2 aliphatic heterocycles. The van der Waals surface area contributed by atoms with Crippen molar-refractivity contribution in [2.45, 2.75) is 18.6 Å². The van der Waals surface area contributed by atoms with E-state index < -0.39 is 9.84 Å². The van der Waals surface area contributed by atoms with Crippen LogP contribution in [0.3, 0.4) is 0 Å². The topological polar surface area (TPSA) is 62.6 Å². The van der Waals surface area contributed by atoms with Crippen LogP contribution in [0.1, 0.15) is 5.76 Å². The molecule has 110 valence electrons. The highest BCUT2D eigenvalue weighted by molar-refractivity contribution is 7.91. The van der Waals surface area contributed by atoms with Crippen LogP contribution >= 0.6 is 24.8 Å². The minimum Gasteiger partial charge on any atom is -0.468 e. The summed E-state index contributed by atoms with van der Waals surface area (Å²) < 4.78 is 28.6. The second kappa shape index (κ2) is 6.45. The van der Waals surface area contributed by atoms with Gasteiger partial charge in [-0.15, -0.1) is 24.8 Å². The van der Waals surface area contributed by atoms with E-state index in [1.165, 1.54) is 0 Å². The number of piperazine rings is 1. The van der Waals surface area contributed by atoms with Gasteiger partial charge in [0.05, 0.1) is 24.3 Å². The Labute approximate surface area is 125 Å². The van der Waals surface area contributed by atoms with Crippen molar-refractivity contribution in [1.82, 2.24) is 10.2 Å². The lowest BCUT2D eigenvalue weighted by Crippen LogP contribution is -2.56. The molecule has 0 bridgehead atoms. The Balaban J connectivity index is 0.000000902. The zero-order valence-electron chi connectivity index (χ0n) is 10.3. The van der Waals surface area contributed by atoms with Crippen molar-refractivity contribution >= 4 is 34.7 Å². The predicted octanol–water partition coefficient (Wildman–Crippen LogP) is 0.694. The number of furan rings is 1. The number of hydrogen-bond donors (Lipinski definition) is 1. The van der Waals surface area contributed by atoms with Crippen molar-refractivity contribution in [2.75, 3.05) is 24.6 Å². The quantitative estimate of drug-likeness (QED) is 0.865. The largest absolute Gasteiger partial charge is 0.468 e. The van der Waals surface area contributed by atoms with Crippen LogP contribution in [0, 0.1) is 0 Å². The molecule has 1 aromatic heterocycles. The van der Waals surface area contributed by atoms with E-state index in [4.69, 9.17) is 4.42 Å². The normalized spacial score (nSPS) is 29.1. The van der Waals surface area contributed by atoms with Crippen molar-refractivity contribution in [2.24, 2.45) is 0 Å². The van der Waals surface area contributed by atoms with E-state index in [1.54, 1.807) is 6.26 Å². The first-order valence-corrected chi connectivity index (χ1v) is 7.66. The molecule has 3 heterocycles. The third-order valence-corrected chi connectivity index (χ3v) is 5.25. The van der Waals surface area contributed by atoms with Crippen molar-refractivity contribution in [1.29, 1.82) is 0 Å². The summed E-state index contributed by atoms with van der Waals surface area (Å²) in [6, 6.07) is 3.98. The summed E-state index contributed by atoms with van der Waals surface area (Å²) in [4.78, 5) is 2.21. The number of nitrogens with one attached hydrogen (secondary N) is 1. The maximum absolute atomic E-state index is 11.7. The van der Waals surface area contributed by atoms with Gasteiger partial charge in [-0.2, -0.15) is 0 Å². The standard InChI is InChI=1S/C11H16N2O3S.2ClH/c14-17(15)7-10-11(8-17)13(4-3-12-10)6-9-2-1-5-16-9;;/h1-2,5,10-12H,3-4,6-8H2;2*1H/t10-,11+;;/m0../s1. The highest BCUT2D eigenvalue weighted by atomic mass is 35.5. The van der Waals surface area contributed by atoms with Crippen LogP contribution in [-0.4, -0.2) is 50.0 Å². The molecule has 0 radical (unpaired) electrons. The van der Waals surface area contributed by atoms with E-state index in [-0.39, 0.29) is 48.4 Å². The van der Waals surface area contributed by atoms with Gasteiger partial charge < -0.3 is 9.73 Å². The molecule has 0 saturated carbocycles. The molecule has 2 fully saturated rings. The second-order valence-electron chi connectivity index (χ2n) is 4.75. The van der Waals surface area contributed by atoms with Crippen LogP contribution < -0.4 is 5.32 Å². The van der Waals surface area contributed by atoms with Crippen molar-refractivity contribution in [3.63, 3.8) is 0 Å². The Morgan fingerprint density at radius 2 is 2.16 bits per heavy atom. The molecule has 2 saturated heterocycles. The summed E-state index contributed by atoms with van der Waals surface area (Å²) in [5.74, 6) is 1.44. The first-order chi connectivity index (χ1) is 8.14. The van der Waals surface area contributed by atoms with Gasteiger partial charge in [0.1, 0.15) is 5.76 Å². The third-order valence-electron chi connectivity index (χ3n) is 3.54. The average molecular weight is 329 g/mol. The summed E-state index contributed by atoms with van der Waals surface area (Å²) in [6.45, 7) is 2.42. The van der Waals surface area contributed by atoms with Crippen LogP contribution in [0.2, 0.25) is 0 Å². The minimum atomic E-state index is -2.88. The molecular weight excluding hydrogens is 311 g/mol. The molecular formula is C11H18Cl2N2O3S. The van der Waals surface area contributed by atoms with Gasteiger partial charge in [0.15, 0.2) is 9.84 Å². The van der Waals surface area contributed by atoms with Crippen molar-refractivity contribution < 1.29 is 12.8 Å². The molecule has 0 aromatic carbocycles. The first kappa shape index (κ1) is 16.8. The lowest BCUT2D eigenvalue weighted by atomic mass is 10.1. The van der Waals surface area contributed by atoms with E-state index in [0.29, 0.717) is 6.54 Å². The average Bonchev–Trinajstić information content (AvgIpc) is 2.84. The lowest BCUT2D eigenvalue weighted by Gasteiger charge is -2.36. The number of nitrogens with zero attached hydrogens (tertiary/aromatic N) is 1. The van der Waals surface area contributed by atoms with E-state index in [2.05, 4.69) is 10.2 Å². The van der Waals surface area contributed by atoms with Gasteiger partial charge in [-0.05, 0) is 12.1 Å². The Hall–Kier alpha value is -0.270. The fourth-order valence-corrected chi connectivity index (χ4v) is 4.73. The van der Waals surface area contributed by atoms with Crippen molar-refractivity contribution in [3.05, 3.63) is 24.2 Å². The molecule has 0 unspecified atom stereocenters. The van der Waals surface area contributed by atoms with Gasteiger partial charge in [-0.3, -0.25) is 4.90 Å². The van der Waals surface area contributed by atoms with Crippen molar-refractivity contribution in [3.8, 4) is 0 Å². The second-order valence-corrected chi connectivity index (χ2v) is 6.91. The Morgan fingerprint density at radius 3 is 2.84 bits per heavy atom. The summed E-state index contributed by atoms with van der Waals surface area (Å²) in [5, 5.41) is 3.29. The van der Waals surface area contributed by atoms with E-state index >= 15 is 0 Å². The van der Waals surface area contributed by atoms with Crippen LogP contribution in [0.15, 0.2) is 22.8 Å². The zero-order valence-corrected chi connectivity index (χ0v) is 12.8. The number of halogens is 2. The number of rotatable bonds is 2. The van der Waals surface area contributed by atoms with E-state index in [9.17, 15) is 8.42 Å². The summed E-state index contributed by atoms with van der Waals surface area (Å²) in [5.41, 5.74) is 0. The van der Waals surface area contributed by atoms with Gasteiger partial charge in [0, 0.05) is 25.2 Å². The molecule has 0 amide bonds. The number of fused-ring (bicyclic) bond motifs is 1. The summed E-state index contributed by atoms with van der Waals surface area (Å²) in [7, 11) is -2.88. The molecule has 1 N–H and O–H groups in total. The SMILES string of the molecule is Cl.Cl.O=S1(=O)C[C@@H]2NCCN(Cc3ccco3)[C@@H]2C1. The molecule has 3 rings (SSSR count). The smallest absolute Gasteiger partial charge is 0.153 e. The fourth-order valence-electron chi connectivity index (χ4n) is 2.74. The van der Waals surface area contributed by atoms with E-state index in [0.717, 1.165) is 18.8 Å². The maximum Gasteiger partial charge on any atom is 0.153 e. The molecule has 19 heavy (non-hydrogen) atoms. The van der Waals surface area contributed by atoms with Crippen LogP contribution in [0.4, 0.5) is 0 Å². The molecule has 5 nitrogen and oxygen atoms in total.